The number of carbonyl (C=O) groups is 1. The van der Waals surface area contributed by atoms with Crippen LogP contribution in [-0.2, 0) is 0 Å². The molecule has 1 heterocycles. The fourth-order valence-corrected chi connectivity index (χ4v) is 1.35. The van der Waals surface area contributed by atoms with Crippen LogP contribution in [0.3, 0.4) is 0 Å². The van der Waals surface area contributed by atoms with Crippen LogP contribution in [0.2, 0.25) is 0 Å². The minimum Gasteiger partial charge on any atom is -0.506 e. The van der Waals surface area contributed by atoms with Crippen LogP contribution in [0.4, 0.5) is 0 Å². The Hall–Kier alpha value is -2.42. The number of hydrogen-bond donors (Lipinski definition) is 1. The summed E-state index contributed by atoms with van der Waals surface area (Å²) in [6.07, 6.45) is 4.45. The molecule has 0 unspecified atom stereocenters. The molecular weight excluding hydrogens is 214 g/mol. The molecule has 0 bridgehead atoms. The number of nitrogens with zero attached hydrogens (tertiary/aromatic N) is 1. The van der Waals surface area contributed by atoms with Gasteiger partial charge in [-0.3, -0.25) is 4.79 Å². The second-order valence-corrected chi connectivity index (χ2v) is 3.51. The quantitative estimate of drug-likeness (QED) is 0.645. The summed E-state index contributed by atoms with van der Waals surface area (Å²) in [7, 11) is 0. The number of aromatic nitrogens is 1. The van der Waals surface area contributed by atoms with Gasteiger partial charge in [0, 0.05) is 0 Å². The molecule has 84 valence electrons. The van der Waals surface area contributed by atoms with Crippen LogP contribution in [0, 0.1) is 0 Å². The minimum atomic E-state index is -0.186. The highest BCUT2D eigenvalue weighted by atomic mass is 16.3. The molecule has 0 aliphatic carbocycles. The van der Waals surface area contributed by atoms with Crippen molar-refractivity contribution in [3.8, 4) is 5.75 Å². The predicted octanol–water partition coefficient (Wildman–Crippen LogP) is 2.68. The van der Waals surface area contributed by atoms with E-state index in [4.69, 9.17) is 5.11 Å². The normalized spacial score (nSPS) is 10.6. The molecule has 0 aliphatic rings. The van der Waals surface area contributed by atoms with Gasteiger partial charge in [-0.2, -0.15) is 0 Å². The second-order valence-electron chi connectivity index (χ2n) is 3.51. The van der Waals surface area contributed by atoms with Gasteiger partial charge in [-0.05, 0) is 23.8 Å². The Labute approximate surface area is 99.1 Å². The molecule has 2 aromatic rings. The van der Waals surface area contributed by atoms with E-state index < -0.39 is 0 Å². The van der Waals surface area contributed by atoms with Crippen LogP contribution >= 0.6 is 0 Å². The van der Waals surface area contributed by atoms with Crippen LogP contribution in [0.1, 0.15) is 16.1 Å². The smallest absolute Gasteiger partial charge is 0.204 e. The first-order valence-corrected chi connectivity index (χ1v) is 5.18. The molecular formula is C14H11NO2. The number of hydrogen-bond acceptors (Lipinski definition) is 3. The Balaban J connectivity index is 2.12. The zero-order valence-electron chi connectivity index (χ0n) is 9.08. The van der Waals surface area contributed by atoms with Gasteiger partial charge in [0.2, 0.25) is 5.78 Å². The van der Waals surface area contributed by atoms with Gasteiger partial charge in [-0.15, -0.1) is 0 Å². The Bertz CT molecular complexity index is 530. The lowest BCUT2D eigenvalue weighted by atomic mass is 10.1. The van der Waals surface area contributed by atoms with Crippen LogP contribution in [0.15, 0.2) is 54.7 Å². The molecule has 1 aromatic carbocycles. The van der Waals surface area contributed by atoms with Gasteiger partial charge >= 0.3 is 0 Å². The first-order valence-electron chi connectivity index (χ1n) is 5.18. The fraction of sp³-hybridized carbons (Fsp3) is 0. The van der Waals surface area contributed by atoms with Gasteiger partial charge in [0.05, 0.1) is 6.20 Å². The van der Waals surface area contributed by atoms with Crippen molar-refractivity contribution in [2.24, 2.45) is 0 Å². The van der Waals surface area contributed by atoms with Crippen molar-refractivity contribution in [2.45, 2.75) is 0 Å². The number of benzene rings is 1. The van der Waals surface area contributed by atoms with Gasteiger partial charge in [-0.1, -0.05) is 36.4 Å². The number of allylic oxidation sites excluding steroid dienone is 1. The van der Waals surface area contributed by atoms with Crippen molar-refractivity contribution in [1.29, 1.82) is 0 Å². The SMILES string of the molecule is O=C(C=Cc1ccccc1)c1ccc(O)cn1. The maximum Gasteiger partial charge on any atom is 0.204 e. The molecule has 0 spiro atoms. The Kier molecular flexibility index (Phi) is 3.31. The molecule has 0 amide bonds. The maximum absolute atomic E-state index is 11.7. The van der Waals surface area contributed by atoms with E-state index in [0.717, 1.165) is 5.56 Å². The third-order valence-electron chi connectivity index (χ3n) is 2.23. The standard InChI is InChI=1S/C14H11NO2/c16-12-7-8-13(15-10-12)14(17)9-6-11-4-2-1-3-5-11/h1-10,16H. The van der Waals surface area contributed by atoms with E-state index in [1.54, 1.807) is 6.08 Å². The number of carbonyl (C=O) groups excluding carboxylic acids is 1. The molecule has 0 saturated carbocycles. The molecule has 0 radical (unpaired) electrons. The van der Waals surface area contributed by atoms with Gasteiger partial charge in [0.1, 0.15) is 11.4 Å². The van der Waals surface area contributed by atoms with Gasteiger partial charge < -0.3 is 5.11 Å². The highest BCUT2D eigenvalue weighted by Crippen LogP contribution is 2.08. The topological polar surface area (TPSA) is 50.2 Å². The summed E-state index contributed by atoms with van der Waals surface area (Å²) in [6.45, 7) is 0. The average molecular weight is 225 g/mol. The summed E-state index contributed by atoms with van der Waals surface area (Å²) < 4.78 is 0. The molecule has 0 atom stereocenters. The fourth-order valence-electron chi connectivity index (χ4n) is 1.35. The molecule has 0 fully saturated rings. The largest absolute Gasteiger partial charge is 0.506 e. The molecule has 0 saturated heterocycles. The van der Waals surface area contributed by atoms with E-state index in [1.807, 2.05) is 30.3 Å². The second kappa shape index (κ2) is 5.07. The summed E-state index contributed by atoms with van der Waals surface area (Å²) >= 11 is 0. The molecule has 0 aliphatic heterocycles. The summed E-state index contributed by atoms with van der Waals surface area (Å²) in [5, 5.41) is 9.05. The first kappa shape index (κ1) is 11.1. The summed E-state index contributed by atoms with van der Waals surface area (Å²) in [4.78, 5) is 15.5. The summed E-state index contributed by atoms with van der Waals surface area (Å²) in [5.41, 5.74) is 1.27. The monoisotopic (exact) mass is 225 g/mol. The van der Waals surface area contributed by atoms with E-state index >= 15 is 0 Å². The van der Waals surface area contributed by atoms with Crippen LogP contribution < -0.4 is 0 Å². The third kappa shape index (κ3) is 3.01. The Morgan fingerprint density at radius 3 is 2.53 bits per heavy atom. The zero-order valence-corrected chi connectivity index (χ0v) is 9.08. The van der Waals surface area contributed by atoms with Crippen molar-refractivity contribution in [3.05, 3.63) is 66.0 Å². The molecule has 1 aromatic heterocycles. The van der Waals surface area contributed by atoms with Crippen molar-refractivity contribution in [1.82, 2.24) is 4.98 Å². The van der Waals surface area contributed by atoms with Crippen molar-refractivity contribution >= 4 is 11.9 Å². The van der Waals surface area contributed by atoms with Crippen LogP contribution in [-0.4, -0.2) is 15.9 Å². The first-order chi connectivity index (χ1) is 8.25. The molecule has 3 heteroatoms. The Morgan fingerprint density at radius 2 is 1.88 bits per heavy atom. The zero-order chi connectivity index (χ0) is 12.1. The van der Waals surface area contributed by atoms with Crippen LogP contribution in [0.25, 0.3) is 6.08 Å². The van der Waals surface area contributed by atoms with E-state index in [2.05, 4.69) is 4.98 Å². The highest BCUT2D eigenvalue weighted by molar-refractivity contribution is 6.05. The molecule has 1 N–H and O–H groups in total. The lowest BCUT2D eigenvalue weighted by molar-refractivity contribution is 0.104. The van der Waals surface area contributed by atoms with Crippen LogP contribution in [0.5, 0.6) is 5.75 Å². The Morgan fingerprint density at radius 1 is 1.12 bits per heavy atom. The van der Waals surface area contributed by atoms with E-state index in [1.165, 1.54) is 24.4 Å². The van der Waals surface area contributed by atoms with Crippen molar-refractivity contribution in [3.63, 3.8) is 0 Å². The molecule has 3 nitrogen and oxygen atoms in total. The number of aromatic hydroxyl groups is 1. The predicted molar refractivity (Wildman–Crippen MR) is 65.7 cm³/mol. The van der Waals surface area contributed by atoms with E-state index in [-0.39, 0.29) is 11.5 Å². The molecule has 17 heavy (non-hydrogen) atoms. The third-order valence-corrected chi connectivity index (χ3v) is 2.23. The van der Waals surface area contributed by atoms with Gasteiger partial charge in [0.15, 0.2) is 0 Å². The van der Waals surface area contributed by atoms with E-state index in [0.29, 0.717) is 5.69 Å². The minimum absolute atomic E-state index is 0.0496. The lowest BCUT2D eigenvalue weighted by Crippen LogP contribution is -1.96. The van der Waals surface area contributed by atoms with Gasteiger partial charge in [0.25, 0.3) is 0 Å². The van der Waals surface area contributed by atoms with E-state index in [9.17, 15) is 4.79 Å². The summed E-state index contributed by atoms with van der Waals surface area (Å²) in [6, 6.07) is 12.5. The van der Waals surface area contributed by atoms with Crippen molar-refractivity contribution in [2.75, 3.05) is 0 Å². The number of rotatable bonds is 3. The average Bonchev–Trinajstić information content (AvgIpc) is 2.38. The summed E-state index contributed by atoms with van der Waals surface area (Å²) in [5.74, 6) is -0.137. The lowest BCUT2D eigenvalue weighted by Gasteiger charge is -1.95. The van der Waals surface area contributed by atoms with Gasteiger partial charge in [-0.25, -0.2) is 4.98 Å². The van der Waals surface area contributed by atoms with Crippen molar-refractivity contribution < 1.29 is 9.90 Å². The molecule has 2 rings (SSSR count). The number of ketones is 1. The number of pyridine rings is 1. The highest BCUT2D eigenvalue weighted by Gasteiger charge is 2.02. The maximum atomic E-state index is 11.7.